The molecule has 196 valence electrons. The first-order valence-electron chi connectivity index (χ1n) is 11.1. The number of primary amides is 1. The number of nitrogens with one attached hydrogen (secondary N) is 4. The number of hydrogen-bond acceptors (Lipinski definition) is 8. The summed E-state index contributed by atoms with van der Waals surface area (Å²) in [6.07, 6.45) is 4.87. The number of carboxylic acids is 1. The molecule has 0 fully saturated rings. The minimum atomic E-state index is -1.24. The fourth-order valence-electron chi connectivity index (χ4n) is 3.08. The summed E-state index contributed by atoms with van der Waals surface area (Å²) in [5, 5.41) is 17.2. The molecule has 1 heterocycles. The molecule has 4 amide bonds. The van der Waals surface area contributed by atoms with Crippen molar-refractivity contribution in [3.05, 3.63) is 18.2 Å². The van der Waals surface area contributed by atoms with E-state index in [1.165, 1.54) is 24.3 Å². The number of nitrogens with two attached hydrogens (primary N) is 2. The van der Waals surface area contributed by atoms with Crippen molar-refractivity contribution in [3.63, 3.8) is 0 Å². The average molecular weight is 514 g/mol. The molecule has 0 aliphatic heterocycles. The highest BCUT2D eigenvalue weighted by atomic mass is 32.2. The largest absolute Gasteiger partial charge is 0.480 e. The van der Waals surface area contributed by atoms with E-state index >= 15 is 0 Å². The Bertz CT molecular complexity index is 864. The lowest BCUT2D eigenvalue weighted by Crippen LogP contribution is -2.58. The van der Waals surface area contributed by atoms with Gasteiger partial charge in [0.2, 0.25) is 23.6 Å². The van der Waals surface area contributed by atoms with Crippen molar-refractivity contribution in [1.82, 2.24) is 25.9 Å². The number of hydrogen-bond donors (Lipinski definition) is 7. The van der Waals surface area contributed by atoms with Crippen LogP contribution in [0.15, 0.2) is 12.5 Å². The maximum Gasteiger partial charge on any atom is 0.326 e. The number of H-pyrrole nitrogens is 1. The highest BCUT2D eigenvalue weighted by Gasteiger charge is 2.31. The summed E-state index contributed by atoms with van der Waals surface area (Å²) in [7, 11) is 0. The zero-order chi connectivity index (χ0) is 26.5. The van der Waals surface area contributed by atoms with Crippen molar-refractivity contribution in [1.29, 1.82) is 0 Å². The van der Waals surface area contributed by atoms with Gasteiger partial charge < -0.3 is 37.5 Å². The Labute approximate surface area is 207 Å². The van der Waals surface area contributed by atoms with Gasteiger partial charge in [-0.3, -0.25) is 19.2 Å². The minimum absolute atomic E-state index is 0.0157. The zero-order valence-electron chi connectivity index (χ0n) is 20.1. The maximum atomic E-state index is 13.0. The van der Waals surface area contributed by atoms with E-state index in [2.05, 4.69) is 25.9 Å². The number of thioether (sulfide) groups is 1. The van der Waals surface area contributed by atoms with Crippen LogP contribution in [0.3, 0.4) is 0 Å². The molecule has 4 unspecified atom stereocenters. The normalized spacial score (nSPS) is 14.4. The van der Waals surface area contributed by atoms with Crippen molar-refractivity contribution in [2.45, 2.75) is 63.7 Å². The van der Waals surface area contributed by atoms with Crippen LogP contribution < -0.4 is 27.4 Å². The first-order valence-corrected chi connectivity index (χ1v) is 12.5. The van der Waals surface area contributed by atoms with Gasteiger partial charge in [0, 0.05) is 24.7 Å². The molecular formula is C21H35N7O6S. The summed E-state index contributed by atoms with van der Waals surface area (Å²) >= 11 is 1.46. The van der Waals surface area contributed by atoms with Crippen LogP contribution in [0.5, 0.6) is 0 Å². The van der Waals surface area contributed by atoms with Crippen molar-refractivity contribution >= 4 is 41.4 Å². The highest BCUT2D eigenvalue weighted by molar-refractivity contribution is 7.98. The van der Waals surface area contributed by atoms with Crippen molar-refractivity contribution in [3.8, 4) is 0 Å². The lowest BCUT2D eigenvalue weighted by molar-refractivity contribution is -0.142. The van der Waals surface area contributed by atoms with Crippen molar-refractivity contribution in [2.24, 2.45) is 17.4 Å². The number of amides is 4. The second-order valence-electron chi connectivity index (χ2n) is 8.36. The summed E-state index contributed by atoms with van der Waals surface area (Å²) < 4.78 is 0. The van der Waals surface area contributed by atoms with E-state index < -0.39 is 53.8 Å². The lowest BCUT2D eigenvalue weighted by Gasteiger charge is -2.27. The minimum Gasteiger partial charge on any atom is -0.480 e. The summed E-state index contributed by atoms with van der Waals surface area (Å²) in [4.78, 5) is 67.6. The summed E-state index contributed by atoms with van der Waals surface area (Å²) in [6.45, 7) is 3.42. The number of aliphatic carboxylic acids is 1. The Morgan fingerprint density at radius 3 is 2.23 bits per heavy atom. The molecular weight excluding hydrogens is 478 g/mol. The smallest absolute Gasteiger partial charge is 0.326 e. The third kappa shape index (κ3) is 10.8. The predicted molar refractivity (Wildman–Crippen MR) is 130 cm³/mol. The molecule has 0 spiro atoms. The molecule has 1 aromatic heterocycles. The molecule has 9 N–H and O–H groups in total. The Kier molecular flexibility index (Phi) is 12.8. The second kappa shape index (κ2) is 15.0. The van der Waals surface area contributed by atoms with Crippen molar-refractivity contribution in [2.75, 3.05) is 12.0 Å². The topological polar surface area (TPSA) is 222 Å². The van der Waals surface area contributed by atoms with E-state index in [1.807, 2.05) is 6.26 Å². The average Bonchev–Trinajstić information content (AvgIpc) is 3.30. The van der Waals surface area contributed by atoms with Gasteiger partial charge >= 0.3 is 5.97 Å². The molecule has 13 nitrogen and oxygen atoms in total. The number of aromatic amines is 1. The van der Waals surface area contributed by atoms with Gasteiger partial charge in [-0.1, -0.05) is 13.8 Å². The number of carbonyl (C=O) groups is 5. The number of imidazole rings is 1. The molecule has 0 aliphatic carbocycles. The van der Waals surface area contributed by atoms with E-state index in [1.54, 1.807) is 13.8 Å². The molecule has 0 radical (unpaired) electrons. The van der Waals surface area contributed by atoms with Gasteiger partial charge in [-0.15, -0.1) is 0 Å². The van der Waals surface area contributed by atoms with Crippen LogP contribution in [0.2, 0.25) is 0 Å². The second-order valence-corrected chi connectivity index (χ2v) is 9.35. The van der Waals surface area contributed by atoms with Crippen LogP contribution in [-0.2, 0) is 30.4 Å². The summed E-state index contributed by atoms with van der Waals surface area (Å²) in [6, 6.07) is -4.31. The molecule has 1 aromatic rings. The standard InChI is InChI=1S/C21H35N7O6S/c1-11(2)17(28-18(30)13(22)4-5-16(23)29)20(32)26-14(6-7-35-3)19(31)27-15(21(33)34)8-12-9-24-10-25-12/h9-11,13-15,17H,4-8,22H2,1-3H3,(H2,23,29)(H,24,25)(H,26,32)(H,27,31)(H,28,30)(H,33,34). The zero-order valence-corrected chi connectivity index (χ0v) is 20.9. The molecule has 0 aromatic carbocycles. The van der Waals surface area contributed by atoms with Crippen LogP contribution in [0.4, 0.5) is 0 Å². The number of aromatic nitrogens is 2. The molecule has 0 saturated carbocycles. The van der Waals surface area contributed by atoms with Crippen molar-refractivity contribution < 1.29 is 29.1 Å². The van der Waals surface area contributed by atoms with Gasteiger partial charge in [-0.25, -0.2) is 9.78 Å². The molecule has 0 bridgehead atoms. The van der Waals surface area contributed by atoms with Crippen LogP contribution in [0.1, 0.15) is 38.8 Å². The highest BCUT2D eigenvalue weighted by Crippen LogP contribution is 2.08. The fraction of sp³-hybridized carbons (Fsp3) is 0.619. The maximum absolute atomic E-state index is 13.0. The van der Waals surface area contributed by atoms with Gasteiger partial charge in [0.25, 0.3) is 0 Å². The van der Waals surface area contributed by atoms with E-state index in [0.717, 1.165) is 0 Å². The van der Waals surface area contributed by atoms with Crippen LogP contribution in [0, 0.1) is 5.92 Å². The predicted octanol–water partition coefficient (Wildman–Crippen LogP) is -1.51. The van der Waals surface area contributed by atoms with E-state index in [0.29, 0.717) is 11.4 Å². The lowest BCUT2D eigenvalue weighted by atomic mass is 10.0. The number of carboxylic acid groups (broad SMARTS) is 1. The van der Waals surface area contributed by atoms with E-state index in [9.17, 15) is 29.1 Å². The van der Waals surface area contributed by atoms with Crippen LogP contribution in [0.25, 0.3) is 0 Å². The first kappa shape index (κ1) is 29.9. The van der Waals surface area contributed by atoms with Gasteiger partial charge in [-0.05, 0) is 30.8 Å². The third-order valence-corrected chi connectivity index (χ3v) is 5.77. The molecule has 14 heteroatoms. The Hall–Kier alpha value is -3.13. The Morgan fingerprint density at radius 1 is 1.06 bits per heavy atom. The molecule has 0 saturated heterocycles. The molecule has 4 atom stereocenters. The number of rotatable bonds is 16. The molecule has 0 aliphatic rings. The van der Waals surface area contributed by atoms with Crippen LogP contribution >= 0.6 is 11.8 Å². The van der Waals surface area contributed by atoms with Gasteiger partial charge in [-0.2, -0.15) is 11.8 Å². The number of carbonyl (C=O) groups excluding carboxylic acids is 4. The SMILES string of the molecule is CSCCC(NC(=O)C(NC(=O)C(N)CCC(N)=O)C(C)C)C(=O)NC(Cc1cnc[nH]1)C(=O)O. The summed E-state index contributed by atoms with van der Waals surface area (Å²) in [5.74, 6) is -3.56. The van der Waals surface area contributed by atoms with Gasteiger partial charge in [0.1, 0.15) is 18.1 Å². The fourth-order valence-corrected chi connectivity index (χ4v) is 3.55. The van der Waals surface area contributed by atoms with E-state index in [-0.39, 0.29) is 31.6 Å². The monoisotopic (exact) mass is 513 g/mol. The van der Waals surface area contributed by atoms with Gasteiger partial charge in [0.05, 0.1) is 12.4 Å². The third-order valence-electron chi connectivity index (χ3n) is 5.12. The Balaban J connectivity index is 2.90. The molecule has 35 heavy (non-hydrogen) atoms. The Morgan fingerprint density at radius 2 is 1.71 bits per heavy atom. The van der Waals surface area contributed by atoms with Gasteiger partial charge in [0.15, 0.2) is 0 Å². The summed E-state index contributed by atoms with van der Waals surface area (Å²) in [5.41, 5.74) is 11.4. The van der Waals surface area contributed by atoms with Crippen LogP contribution in [-0.4, -0.2) is 80.8 Å². The quantitative estimate of drug-likeness (QED) is 0.136. The first-order chi connectivity index (χ1) is 16.5. The number of nitrogens with zero attached hydrogens (tertiary/aromatic N) is 1. The molecule has 1 rings (SSSR count). The van der Waals surface area contributed by atoms with E-state index in [4.69, 9.17) is 11.5 Å².